The number of aliphatic hydroxyl groups is 1. The van der Waals surface area contributed by atoms with Crippen LogP contribution in [0.25, 0.3) is 11.1 Å². The lowest BCUT2D eigenvalue weighted by Gasteiger charge is -2.35. The number of amides is 1. The first-order chi connectivity index (χ1) is 15.1. The van der Waals surface area contributed by atoms with Crippen molar-refractivity contribution in [2.24, 2.45) is 17.8 Å². The number of carbonyl (C=O) groups excluding carboxylic acids is 2. The molecule has 1 aliphatic carbocycles. The van der Waals surface area contributed by atoms with Gasteiger partial charge in [0.2, 0.25) is 5.91 Å². The van der Waals surface area contributed by atoms with Gasteiger partial charge >= 0.3 is 5.97 Å². The van der Waals surface area contributed by atoms with E-state index in [4.69, 9.17) is 4.74 Å². The summed E-state index contributed by atoms with van der Waals surface area (Å²) in [7, 11) is 1.30. The van der Waals surface area contributed by atoms with Crippen molar-refractivity contribution in [1.82, 2.24) is 19.4 Å². The molecular formula is C22H24N4O5. The van der Waals surface area contributed by atoms with Crippen molar-refractivity contribution in [3.63, 3.8) is 0 Å². The Morgan fingerprint density at radius 1 is 1.23 bits per heavy atom. The lowest BCUT2D eigenvalue weighted by atomic mass is 9.84. The summed E-state index contributed by atoms with van der Waals surface area (Å²) in [5.74, 6) is -1.47. The van der Waals surface area contributed by atoms with Gasteiger partial charge in [0.05, 0.1) is 18.7 Å². The molecule has 4 heterocycles. The highest BCUT2D eigenvalue weighted by molar-refractivity contribution is 5.88. The third-order valence-corrected chi connectivity index (χ3v) is 7.10. The molecule has 5 rings (SSSR count). The van der Waals surface area contributed by atoms with Gasteiger partial charge in [-0.25, -0.2) is 14.8 Å². The monoisotopic (exact) mass is 424 g/mol. The first kappa shape index (κ1) is 19.9. The third-order valence-electron chi connectivity index (χ3n) is 7.10. The van der Waals surface area contributed by atoms with E-state index in [0.29, 0.717) is 23.4 Å². The molecule has 2 aromatic rings. The summed E-state index contributed by atoms with van der Waals surface area (Å²) in [5.41, 5.74) is 1.59. The zero-order chi connectivity index (χ0) is 21.7. The molecule has 9 nitrogen and oxygen atoms in total. The number of likely N-dealkylation sites (tertiary alicyclic amines) is 1. The number of esters is 1. The number of hydrogen-bond acceptors (Lipinski definition) is 7. The van der Waals surface area contributed by atoms with E-state index in [2.05, 4.69) is 9.97 Å². The molecule has 1 saturated carbocycles. The second kappa shape index (κ2) is 7.56. The SMILES string of the molecule is COC(=O)[C@@H]1[C@@H](CO)[C@@H]2Cn3c(ccc(-c4cncnc4)c3=O)[C@@H]2N1C(=O)C1CCC1. The van der Waals surface area contributed by atoms with Gasteiger partial charge in [0.1, 0.15) is 12.4 Å². The molecule has 9 heteroatoms. The molecule has 0 spiro atoms. The Hall–Kier alpha value is -3.07. The van der Waals surface area contributed by atoms with E-state index in [0.717, 1.165) is 19.3 Å². The topological polar surface area (TPSA) is 115 Å². The highest BCUT2D eigenvalue weighted by atomic mass is 16.5. The number of aliphatic hydroxyl groups excluding tert-OH is 1. The van der Waals surface area contributed by atoms with Gasteiger partial charge in [0, 0.05) is 54.6 Å². The van der Waals surface area contributed by atoms with Crippen molar-refractivity contribution in [2.45, 2.75) is 37.9 Å². The fraction of sp³-hybridized carbons (Fsp3) is 0.500. The molecule has 0 unspecified atom stereocenters. The summed E-state index contributed by atoms with van der Waals surface area (Å²) in [6.07, 6.45) is 7.16. The zero-order valence-electron chi connectivity index (χ0n) is 17.2. The van der Waals surface area contributed by atoms with Gasteiger partial charge in [-0.2, -0.15) is 0 Å². The number of pyridine rings is 1. The molecule has 2 aromatic heterocycles. The zero-order valence-corrected chi connectivity index (χ0v) is 17.2. The average Bonchev–Trinajstić information content (AvgIpc) is 3.27. The van der Waals surface area contributed by atoms with E-state index in [1.54, 1.807) is 27.9 Å². The summed E-state index contributed by atoms with van der Waals surface area (Å²) in [6, 6.07) is 2.27. The van der Waals surface area contributed by atoms with Gasteiger partial charge < -0.3 is 19.3 Å². The standard InChI is InChI=1S/C22H24N4O5/c1-31-22(30)19-16(10-27)15-9-25-17(18(15)26(19)20(28)12-3-2-4-12)6-5-14(21(25)29)13-7-23-11-24-8-13/h5-8,11-12,15-16,18-19,27H,2-4,9-10H2,1H3/t15-,16-,18+,19-/m0/s1. The molecule has 2 fully saturated rings. The summed E-state index contributed by atoms with van der Waals surface area (Å²) >= 11 is 0. The average molecular weight is 424 g/mol. The van der Waals surface area contributed by atoms with Gasteiger partial charge in [-0.05, 0) is 25.0 Å². The molecule has 0 radical (unpaired) electrons. The number of nitrogens with zero attached hydrogens (tertiary/aromatic N) is 4. The Balaban J connectivity index is 1.61. The van der Waals surface area contributed by atoms with Crippen LogP contribution >= 0.6 is 0 Å². The first-order valence-electron chi connectivity index (χ1n) is 10.6. The molecule has 0 aromatic carbocycles. The number of methoxy groups -OCH3 is 1. The van der Waals surface area contributed by atoms with Crippen LogP contribution in [0.1, 0.15) is 31.0 Å². The van der Waals surface area contributed by atoms with E-state index in [1.165, 1.54) is 13.4 Å². The minimum Gasteiger partial charge on any atom is -0.467 e. The molecule has 2 aliphatic heterocycles. The highest BCUT2D eigenvalue weighted by Crippen LogP contribution is 2.51. The normalized spacial score (nSPS) is 26.8. The molecule has 1 amide bonds. The Labute approximate surface area is 178 Å². The van der Waals surface area contributed by atoms with Gasteiger partial charge in [0.15, 0.2) is 0 Å². The van der Waals surface area contributed by atoms with Crippen molar-refractivity contribution in [3.05, 3.63) is 46.9 Å². The molecule has 31 heavy (non-hydrogen) atoms. The number of ether oxygens (including phenoxy) is 1. The predicted molar refractivity (Wildman–Crippen MR) is 109 cm³/mol. The number of fused-ring (bicyclic) bond motifs is 3. The van der Waals surface area contributed by atoms with Crippen molar-refractivity contribution >= 4 is 11.9 Å². The van der Waals surface area contributed by atoms with Crippen LogP contribution in [-0.2, 0) is 20.9 Å². The first-order valence-corrected chi connectivity index (χ1v) is 10.6. The van der Waals surface area contributed by atoms with E-state index < -0.39 is 24.0 Å². The molecule has 4 atom stereocenters. The van der Waals surface area contributed by atoms with Crippen LogP contribution < -0.4 is 5.56 Å². The van der Waals surface area contributed by atoms with Crippen molar-refractivity contribution in [3.8, 4) is 11.1 Å². The van der Waals surface area contributed by atoms with Crippen LogP contribution in [0.15, 0.2) is 35.6 Å². The minimum atomic E-state index is -0.843. The summed E-state index contributed by atoms with van der Waals surface area (Å²) < 4.78 is 6.67. The lowest BCUT2D eigenvalue weighted by Crippen LogP contribution is -2.49. The maximum atomic E-state index is 13.4. The number of hydrogen-bond donors (Lipinski definition) is 1. The molecule has 162 valence electrons. The second-order valence-corrected chi connectivity index (χ2v) is 8.51. The van der Waals surface area contributed by atoms with Crippen LogP contribution in [0.5, 0.6) is 0 Å². The summed E-state index contributed by atoms with van der Waals surface area (Å²) in [4.78, 5) is 48.9. The lowest BCUT2D eigenvalue weighted by molar-refractivity contribution is -0.156. The van der Waals surface area contributed by atoms with E-state index >= 15 is 0 Å². The van der Waals surface area contributed by atoms with Crippen LogP contribution in [0.4, 0.5) is 0 Å². The molecule has 1 saturated heterocycles. The van der Waals surface area contributed by atoms with E-state index in [-0.39, 0.29) is 29.9 Å². The van der Waals surface area contributed by atoms with Crippen LogP contribution in [-0.4, -0.2) is 56.2 Å². The molecular weight excluding hydrogens is 400 g/mol. The van der Waals surface area contributed by atoms with Crippen molar-refractivity contribution < 1.29 is 19.4 Å². The van der Waals surface area contributed by atoms with Gasteiger partial charge in [0.25, 0.3) is 5.56 Å². The van der Waals surface area contributed by atoms with Gasteiger partial charge in [-0.1, -0.05) is 6.42 Å². The Morgan fingerprint density at radius 3 is 2.58 bits per heavy atom. The fourth-order valence-electron chi connectivity index (χ4n) is 5.34. The predicted octanol–water partition coefficient (Wildman–Crippen LogP) is 0.769. The van der Waals surface area contributed by atoms with Gasteiger partial charge in [-0.3, -0.25) is 9.59 Å². The summed E-state index contributed by atoms with van der Waals surface area (Å²) in [6.45, 7) is 0.0605. The molecule has 1 N–H and O–H groups in total. The van der Waals surface area contributed by atoms with Gasteiger partial charge in [-0.15, -0.1) is 0 Å². The maximum absolute atomic E-state index is 13.4. The summed E-state index contributed by atoms with van der Waals surface area (Å²) in [5, 5.41) is 10.2. The minimum absolute atomic E-state index is 0.0889. The van der Waals surface area contributed by atoms with E-state index in [1.807, 2.05) is 6.07 Å². The van der Waals surface area contributed by atoms with Crippen LogP contribution in [0, 0.1) is 17.8 Å². The largest absolute Gasteiger partial charge is 0.467 e. The Morgan fingerprint density at radius 2 is 1.97 bits per heavy atom. The number of carbonyl (C=O) groups is 2. The van der Waals surface area contributed by atoms with Crippen LogP contribution in [0.2, 0.25) is 0 Å². The highest BCUT2D eigenvalue weighted by Gasteiger charge is 2.58. The quantitative estimate of drug-likeness (QED) is 0.721. The second-order valence-electron chi connectivity index (χ2n) is 8.51. The number of rotatable bonds is 4. The molecule has 0 bridgehead atoms. The smallest absolute Gasteiger partial charge is 0.328 e. The van der Waals surface area contributed by atoms with Crippen molar-refractivity contribution in [2.75, 3.05) is 13.7 Å². The maximum Gasteiger partial charge on any atom is 0.328 e. The molecule has 3 aliphatic rings. The van der Waals surface area contributed by atoms with E-state index in [9.17, 15) is 19.5 Å². The Kier molecular flexibility index (Phi) is 4.85. The van der Waals surface area contributed by atoms with Crippen molar-refractivity contribution in [1.29, 1.82) is 0 Å². The number of aromatic nitrogens is 3. The fourth-order valence-corrected chi connectivity index (χ4v) is 5.34. The van der Waals surface area contributed by atoms with Crippen LogP contribution in [0.3, 0.4) is 0 Å². The third kappa shape index (κ3) is 2.90. The Bertz CT molecular complexity index is 1080.